The SMILES string of the molecule is CC(C)N1CCN(C2(CN)CCCC(C3CC3)C2)CC1. The predicted octanol–water partition coefficient (Wildman–Crippen LogP) is 2.31. The van der Waals surface area contributed by atoms with E-state index < -0.39 is 0 Å². The Morgan fingerprint density at radius 3 is 2.30 bits per heavy atom. The highest BCUT2D eigenvalue weighted by Gasteiger charge is 2.45. The lowest BCUT2D eigenvalue weighted by Crippen LogP contribution is -2.62. The fourth-order valence-electron chi connectivity index (χ4n) is 4.67. The lowest BCUT2D eigenvalue weighted by molar-refractivity contribution is -0.0104. The molecular formula is C17H33N3. The Hall–Kier alpha value is -0.120. The van der Waals surface area contributed by atoms with Gasteiger partial charge in [0.05, 0.1) is 0 Å². The standard InChI is InChI=1S/C17H33N3/c1-14(2)19-8-10-20(11-9-19)17(13-18)7-3-4-16(12-17)15-5-6-15/h14-16H,3-13,18H2,1-2H3. The first-order chi connectivity index (χ1) is 9.64. The third-order valence-electron chi connectivity index (χ3n) is 6.24. The van der Waals surface area contributed by atoms with Crippen LogP contribution < -0.4 is 5.73 Å². The van der Waals surface area contributed by atoms with E-state index in [9.17, 15) is 0 Å². The minimum atomic E-state index is 0.342. The molecule has 2 N–H and O–H groups in total. The topological polar surface area (TPSA) is 32.5 Å². The maximum absolute atomic E-state index is 6.29. The van der Waals surface area contributed by atoms with Gasteiger partial charge >= 0.3 is 0 Å². The Labute approximate surface area is 124 Å². The average Bonchev–Trinajstić information content (AvgIpc) is 3.32. The molecule has 116 valence electrons. The summed E-state index contributed by atoms with van der Waals surface area (Å²) in [4.78, 5) is 5.38. The molecule has 0 aromatic heterocycles. The summed E-state index contributed by atoms with van der Waals surface area (Å²) in [6, 6.07) is 0.691. The largest absolute Gasteiger partial charge is 0.329 e. The van der Waals surface area contributed by atoms with E-state index in [2.05, 4.69) is 23.6 Å². The normalized spacial score (nSPS) is 37.5. The van der Waals surface area contributed by atoms with Gasteiger partial charge in [-0.15, -0.1) is 0 Å². The van der Waals surface area contributed by atoms with Crippen LogP contribution in [0.25, 0.3) is 0 Å². The molecule has 2 aliphatic carbocycles. The number of rotatable bonds is 4. The van der Waals surface area contributed by atoms with Crippen LogP contribution >= 0.6 is 0 Å². The summed E-state index contributed by atoms with van der Waals surface area (Å²) in [5.74, 6) is 2.04. The van der Waals surface area contributed by atoms with E-state index in [-0.39, 0.29) is 0 Å². The van der Waals surface area contributed by atoms with Crippen LogP contribution in [0.15, 0.2) is 0 Å². The van der Waals surface area contributed by atoms with Crippen LogP contribution in [0.3, 0.4) is 0 Å². The number of nitrogens with two attached hydrogens (primary N) is 1. The molecule has 0 spiro atoms. The van der Waals surface area contributed by atoms with Gasteiger partial charge in [0.15, 0.2) is 0 Å². The van der Waals surface area contributed by atoms with E-state index in [0.29, 0.717) is 11.6 Å². The first kappa shape index (κ1) is 14.8. The maximum atomic E-state index is 6.29. The lowest BCUT2D eigenvalue weighted by Gasteiger charge is -2.51. The second-order valence-corrected chi connectivity index (χ2v) is 7.74. The van der Waals surface area contributed by atoms with Crippen molar-refractivity contribution in [3.8, 4) is 0 Å². The quantitative estimate of drug-likeness (QED) is 0.857. The van der Waals surface area contributed by atoms with E-state index in [1.54, 1.807) is 0 Å². The van der Waals surface area contributed by atoms with Gasteiger partial charge < -0.3 is 5.73 Å². The van der Waals surface area contributed by atoms with Crippen LogP contribution in [0, 0.1) is 11.8 Å². The number of hydrogen-bond donors (Lipinski definition) is 1. The van der Waals surface area contributed by atoms with Gasteiger partial charge in [0, 0.05) is 44.3 Å². The second kappa shape index (κ2) is 5.94. The molecule has 3 rings (SSSR count). The van der Waals surface area contributed by atoms with E-state index in [1.165, 1.54) is 64.7 Å². The molecular weight excluding hydrogens is 246 g/mol. The zero-order valence-electron chi connectivity index (χ0n) is 13.5. The van der Waals surface area contributed by atoms with Crippen LogP contribution in [0.1, 0.15) is 52.4 Å². The number of hydrogen-bond acceptors (Lipinski definition) is 3. The highest BCUT2D eigenvalue weighted by molar-refractivity contribution is 5.01. The van der Waals surface area contributed by atoms with Gasteiger partial charge in [0.1, 0.15) is 0 Å². The fraction of sp³-hybridized carbons (Fsp3) is 1.00. The summed E-state index contributed by atoms with van der Waals surface area (Å²) in [7, 11) is 0. The Morgan fingerprint density at radius 1 is 1.05 bits per heavy atom. The van der Waals surface area contributed by atoms with Gasteiger partial charge in [-0.3, -0.25) is 9.80 Å². The molecule has 2 atom stereocenters. The van der Waals surface area contributed by atoms with E-state index in [4.69, 9.17) is 5.73 Å². The average molecular weight is 279 g/mol. The van der Waals surface area contributed by atoms with Crippen molar-refractivity contribution in [3.05, 3.63) is 0 Å². The molecule has 3 heteroatoms. The van der Waals surface area contributed by atoms with Gasteiger partial charge in [-0.2, -0.15) is 0 Å². The van der Waals surface area contributed by atoms with Gasteiger partial charge in [-0.1, -0.05) is 12.8 Å². The molecule has 0 bridgehead atoms. The fourth-order valence-corrected chi connectivity index (χ4v) is 4.67. The molecule has 2 saturated carbocycles. The molecule has 0 radical (unpaired) electrons. The van der Waals surface area contributed by atoms with Crippen molar-refractivity contribution in [3.63, 3.8) is 0 Å². The summed E-state index contributed by atoms with van der Waals surface area (Å²) in [6.07, 6.45) is 8.59. The van der Waals surface area contributed by atoms with Gasteiger partial charge in [0.25, 0.3) is 0 Å². The van der Waals surface area contributed by atoms with Crippen molar-refractivity contribution in [2.75, 3.05) is 32.7 Å². The molecule has 0 aromatic carbocycles. The minimum Gasteiger partial charge on any atom is -0.329 e. The van der Waals surface area contributed by atoms with Crippen molar-refractivity contribution in [2.24, 2.45) is 17.6 Å². The zero-order valence-corrected chi connectivity index (χ0v) is 13.5. The van der Waals surface area contributed by atoms with Crippen LogP contribution in [0.4, 0.5) is 0 Å². The monoisotopic (exact) mass is 279 g/mol. The lowest BCUT2D eigenvalue weighted by atomic mass is 9.72. The van der Waals surface area contributed by atoms with Gasteiger partial charge in [0.2, 0.25) is 0 Å². The Kier molecular flexibility index (Phi) is 4.40. The summed E-state index contributed by atoms with van der Waals surface area (Å²) in [5, 5.41) is 0. The van der Waals surface area contributed by atoms with E-state index in [0.717, 1.165) is 18.4 Å². The van der Waals surface area contributed by atoms with Crippen molar-refractivity contribution >= 4 is 0 Å². The van der Waals surface area contributed by atoms with Crippen LogP contribution in [-0.2, 0) is 0 Å². The maximum Gasteiger partial charge on any atom is 0.0335 e. The molecule has 0 amide bonds. The highest BCUT2D eigenvalue weighted by Crippen LogP contribution is 2.48. The van der Waals surface area contributed by atoms with E-state index in [1.807, 2.05) is 0 Å². The third-order valence-corrected chi connectivity index (χ3v) is 6.24. The molecule has 0 aromatic rings. The third kappa shape index (κ3) is 2.90. The molecule has 20 heavy (non-hydrogen) atoms. The highest BCUT2D eigenvalue weighted by atomic mass is 15.3. The van der Waals surface area contributed by atoms with Crippen LogP contribution in [0.2, 0.25) is 0 Å². The van der Waals surface area contributed by atoms with Gasteiger partial charge in [-0.25, -0.2) is 0 Å². The molecule has 2 unspecified atom stereocenters. The smallest absolute Gasteiger partial charge is 0.0335 e. The van der Waals surface area contributed by atoms with Crippen molar-refractivity contribution < 1.29 is 0 Å². The van der Waals surface area contributed by atoms with E-state index >= 15 is 0 Å². The number of nitrogens with zero attached hydrogens (tertiary/aromatic N) is 2. The summed E-state index contributed by atoms with van der Waals surface area (Å²) in [5.41, 5.74) is 6.63. The Bertz CT molecular complexity index is 318. The summed E-state index contributed by atoms with van der Waals surface area (Å²) in [6.45, 7) is 10.4. The zero-order chi connectivity index (χ0) is 14.2. The Balaban J connectivity index is 1.63. The van der Waals surface area contributed by atoms with Crippen LogP contribution in [0.5, 0.6) is 0 Å². The number of piperazine rings is 1. The second-order valence-electron chi connectivity index (χ2n) is 7.74. The van der Waals surface area contributed by atoms with Gasteiger partial charge in [-0.05, 0) is 51.4 Å². The Morgan fingerprint density at radius 2 is 1.75 bits per heavy atom. The summed E-state index contributed by atoms with van der Waals surface area (Å²) < 4.78 is 0. The first-order valence-electron chi connectivity index (χ1n) is 8.84. The molecule has 3 aliphatic rings. The molecule has 1 saturated heterocycles. The first-order valence-corrected chi connectivity index (χ1v) is 8.84. The summed E-state index contributed by atoms with van der Waals surface area (Å²) >= 11 is 0. The molecule has 1 heterocycles. The van der Waals surface area contributed by atoms with Crippen molar-refractivity contribution in [1.29, 1.82) is 0 Å². The molecule has 1 aliphatic heterocycles. The molecule has 3 nitrogen and oxygen atoms in total. The van der Waals surface area contributed by atoms with Crippen LogP contribution in [-0.4, -0.2) is 54.1 Å². The predicted molar refractivity (Wildman–Crippen MR) is 84.7 cm³/mol. The van der Waals surface area contributed by atoms with Crippen molar-refractivity contribution in [1.82, 2.24) is 9.80 Å². The molecule has 3 fully saturated rings. The van der Waals surface area contributed by atoms with Crippen molar-refractivity contribution in [2.45, 2.75) is 64.0 Å². The minimum absolute atomic E-state index is 0.342.